The van der Waals surface area contributed by atoms with Gasteiger partial charge in [-0.3, -0.25) is 0 Å². The van der Waals surface area contributed by atoms with Gasteiger partial charge in [0.25, 0.3) is 0 Å². The van der Waals surface area contributed by atoms with Crippen LogP contribution in [0.25, 0.3) is 22.2 Å². The zero-order chi connectivity index (χ0) is 11.9. The van der Waals surface area contributed by atoms with Gasteiger partial charge in [-0.2, -0.15) is 0 Å². The first kappa shape index (κ1) is 9.89. The molecular formula is C16H14N2. The number of nitrogens with one attached hydrogen (secondary N) is 1. The zero-order valence-electron chi connectivity index (χ0n) is 10.1. The van der Waals surface area contributed by atoms with E-state index in [1.807, 2.05) is 6.20 Å². The predicted molar refractivity (Wildman–Crippen MR) is 73.5 cm³/mol. The van der Waals surface area contributed by atoms with Gasteiger partial charge in [-0.05, 0) is 29.7 Å². The Balaban J connectivity index is 1.80. The van der Waals surface area contributed by atoms with Crippen molar-refractivity contribution in [1.82, 2.24) is 9.97 Å². The molecule has 1 aliphatic carbocycles. The van der Waals surface area contributed by atoms with Crippen molar-refractivity contribution < 1.29 is 0 Å². The molecule has 0 spiro atoms. The summed E-state index contributed by atoms with van der Waals surface area (Å²) in [4.78, 5) is 7.94. The van der Waals surface area contributed by atoms with E-state index in [2.05, 4.69) is 52.4 Å². The maximum Gasteiger partial charge on any atom is 0.137 e. The number of nitrogens with zero attached hydrogens (tertiary/aromatic N) is 1. The molecule has 0 amide bonds. The molecule has 1 aromatic heterocycles. The molecule has 4 rings (SSSR count). The van der Waals surface area contributed by atoms with Crippen LogP contribution in [0.3, 0.4) is 0 Å². The highest BCUT2D eigenvalue weighted by Crippen LogP contribution is 2.39. The Labute approximate surface area is 106 Å². The van der Waals surface area contributed by atoms with Gasteiger partial charge in [0.1, 0.15) is 5.82 Å². The standard InChI is InChI=1S/C16H14N2/c1-2-4-13-9-14(8-5-11(13)3-1)16-17-10-15(18-16)12-6-7-12/h1-5,8-10,12H,6-7H2,(H,17,18). The lowest BCUT2D eigenvalue weighted by molar-refractivity contribution is 1.05. The van der Waals surface area contributed by atoms with Crippen LogP contribution in [0.2, 0.25) is 0 Å². The fourth-order valence-electron chi connectivity index (χ4n) is 2.42. The van der Waals surface area contributed by atoms with Gasteiger partial charge in [-0.15, -0.1) is 0 Å². The van der Waals surface area contributed by atoms with Gasteiger partial charge in [-0.25, -0.2) is 4.98 Å². The Bertz CT molecular complexity index is 708. The van der Waals surface area contributed by atoms with Gasteiger partial charge in [0, 0.05) is 23.4 Å². The smallest absolute Gasteiger partial charge is 0.137 e. The molecule has 2 aromatic carbocycles. The molecule has 1 fully saturated rings. The summed E-state index contributed by atoms with van der Waals surface area (Å²) in [6.07, 6.45) is 4.60. The lowest BCUT2D eigenvalue weighted by Gasteiger charge is -2.01. The average Bonchev–Trinajstić information content (AvgIpc) is 3.16. The van der Waals surface area contributed by atoms with Crippen molar-refractivity contribution in [3.05, 3.63) is 54.4 Å². The number of hydrogen-bond acceptors (Lipinski definition) is 1. The molecule has 18 heavy (non-hydrogen) atoms. The second kappa shape index (κ2) is 3.70. The molecule has 0 saturated heterocycles. The van der Waals surface area contributed by atoms with Crippen LogP contribution < -0.4 is 0 Å². The highest BCUT2D eigenvalue weighted by Gasteiger charge is 2.25. The summed E-state index contributed by atoms with van der Waals surface area (Å²) in [5.41, 5.74) is 2.46. The Morgan fingerprint density at radius 1 is 1.00 bits per heavy atom. The minimum Gasteiger partial charge on any atom is -0.342 e. The lowest BCUT2D eigenvalue weighted by Crippen LogP contribution is -1.82. The highest BCUT2D eigenvalue weighted by molar-refractivity contribution is 5.86. The number of rotatable bonds is 2. The van der Waals surface area contributed by atoms with Crippen LogP contribution in [0.4, 0.5) is 0 Å². The molecule has 2 heteroatoms. The molecular weight excluding hydrogens is 220 g/mol. The molecule has 1 heterocycles. The van der Waals surface area contributed by atoms with E-state index >= 15 is 0 Å². The average molecular weight is 234 g/mol. The zero-order valence-corrected chi connectivity index (χ0v) is 10.1. The van der Waals surface area contributed by atoms with Gasteiger partial charge in [0.2, 0.25) is 0 Å². The lowest BCUT2D eigenvalue weighted by atomic mass is 10.1. The van der Waals surface area contributed by atoms with E-state index in [1.54, 1.807) is 0 Å². The molecule has 0 atom stereocenters. The van der Waals surface area contributed by atoms with Gasteiger partial charge in [-0.1, -0.05) is 36.4 Å². The largest absolute Gasteiger partial charge is 0.342 e. The minimum absolute atomic E-state index is 0.728. The molecule has 1 N–H and O–H groups in total. The first-order valence-corrected chi connectivity index (χ1v) is 6.44. The fraction of sp³-hybridized carbons (Fsp3) is 0.188. The van der Waals surface area contributed by atoms with E-state index in [1.165, 1.54) is 34.9 Å². The molecule has 1 saturated carbocycles. The first-order valence-electron chi connectivity index (χ1n) is 6.44. The summed E-state index contributed by atoms with van der Waals surface area (Å²) in [7, 11) is 0. The number of hydrogen-bond donors (Lipinski definition) is 1. The number of fused-ring (bicyclic) bond motifs is 1. The number of aromatic nitrogens is 2. The second-order valence-corrected chi connectivity index (χ2v) is 5.02. The number of aromatic amines is 1. The summed E-state index contributed by atoms with van der Waals surface area (Å²) in [6.45, 7) is 0. The van der Waals surface area contributed by atoms with E-state index in [0.717, 1.165) is 11.7 Å². The van der Waals surface area contributed by atoms with Gasteiger partial charge in [0.05, 0.1) is 0 Å². The topological polar surface area (TPSA) is 28.7 Å². The third-order valence-corrected chi connectivity index (χ3v) is 3.64. The van der Waals surface area contributed by atoms with Gasteiger partial charge in [0.15, 0.2) is 0 Å². The normalized spacial score (nSPS) is 15.1. The molecule has 3 aromatic rings. The first-order chi connectivity index (χ1) is 8.90. The van der Waals surface area contributed by atoms with Crippen LogP contribution in [-0.4, -0.2) is 9.97 Å². The van der Waals surface area contributed by atoms with Crippen molar-refractivity contribution in [2.24, 2.45) is 0 Å². The Kier molecular flexibility index (Phi) is 2.04. The molecule has 0 unspecified atom stereocenters. The quantitative estimate of drug-likeness (QED) is 0.710. The maximum atomic E-state index is 4.50. The van der Waals surface area contributed by atoms with Gasteiger partial charge >= 0.3 is 0 Å². The van der Waals surface area contributed by atoms with E-state index in [-0.39, 0.29) is 0 Å². The van der Waals surface area contributed by atoms with Crippen LogP contribution in [0, 0.1) is 0 Å². The van der Waals surface area contributed by atoms with E-state index in [0.29, 0.717) is 0 Å². The van der Waals surface area contributed by atoms with Crippen LogP contribution in [0.5, 0.6) is 0 Å². The number of benzene rings is 2. The summed E-state index contributed by atoms with van der Waals surface area (Å²) >= 11 is 0. The molecule has 88 valence electrons. The van der Waals surface area contributed by atoms with Crippen molar-refractivity contribution in [2.75, 3.05) is 0 Å². The van der Waals surface area contributed by atoms with Crippen molar-refractivity contribution >= 4 is 10.8 Å². The maximum absolute atomic E-state index is 4.50. The minimum atomic E-state index is 0.728. The Morgan fingerprint density at radius 2 is 1.83 bits per heavy atom. The molecule has 1 aliphatic rings. The predicted octanol–water partition coefficient (Wildman–Crippen LogP) is 4.11. The fourth-order valence-corrected chi connectivity index (χ4v) is 2.42. The summed E-state index contributed by atoms with van der Waals surface area (Å²) in [5.74, 6) is 1.72. The van der Waals surface area contributed by atoms with Crippen molar-refractivity contribution in [3.8, 4) is 11.4 Å². The van der Waals surface area contributed by atoms with E-state index < -0.39 is 0 Å². The van der Waals surface area contributed by atoms with Crippen LogP contribution >= 0.6 is 0 Å². The number of imidazole rings is 1. The van der Waals surface area contributed by atoms with Crippen LogP contribution in [-0.2, 0) is 0 Å². The van der Waals surface area contributed by atoms with E-state index in [9.17, 15) is 0 Å². The summed E-state index contributed by atoms with van der Waals surface area (Å²) in [6, 6.07) is 14.9. The number of H-pyrrole nitrogens is 1. The molecule has 0 aliphatic heterocycles. The van der Waals surface area contributed by atoms with Crippen LogP contribution in [0.1, 0.15) is 24.5 Å². The summed E-state index contributed by atoms with van der Waals surface area (Å²) < 4.78 is 0. The second-order valence-electron chi connectivity index (χ2n) is 5.02. The molecule has 2 nitrogen and oxygen atoms in total. The molecule has 0 bridgehead atoms. The Morgan fingerprint density at radius 3 is 2.67 bits per heavy atom. The third kappa shape index (κ3) is 1.61. The van der Waals surface area contributed by atoms with Crippen molar-refractivity contribution in [1.29, 1.82) is 0 Å². The van der Waals surface area contributed by atoms with E-state index in [4.69, 9.17) is 0 Å². The van der Waals surface area contributed by atoms with Gasteiger partial charge < -0.3 is 4.98 Å². The van der Waals surface area contributed by atoms with Crippen LogP contribution in [0.15, 0.2) is 48.7 Å². The van der Waals surface area contributed by atoms with Crippen molar-refractivity contribution in [2.45, 2.75) is 18.8 Å². The SMILES string of the molecule is c1ccc2cc(-c3ncc(C4CC4)[nH]3)ccc2c1. The highest BCUT2D eigenvalue weighted by atomic mass is 14.9. The van der Waals surface area contributed by atoms with Crippen molar-refractivity contribution in [3.63, 3.8) is 0 Å². The summed E-state index contributed by atoms with van der Waals surface area (Å²) in [5, 5.41) is 2.54. The third-order valence-electron chi connectivity index (χ3n) is 3.64. The monoisotopic (exact) mass is 234 g/mol. The molecule has 0 radical (unpaired) electrons. The Hall–Kier alpha value is -2.09.